The molecule has 3 rings (SSSR count). The zero-order chi connectivity index (χ0) is 18.0. The van der Waals surface area contributed by atoms with Gasteiger partial charge in [0.2, 0.25) is 15.9 Å². The van der Waals surface area contributed by atoms with Crippen molar-refractivity contribution in [2.75, 3.05) is 39.8 Å². The molecule has 0 aromatic carbocycles. The summed E-state index contributed by atoms with van der Waals surface area (Å²) < 4.78 is 31.8. The number of carbonyl (C=O) groups is 2. The maximum atomic E-state index is 12.9. The van der Waals surface area contributed by atoms with Crippen LogP contribution in [0.4, 0.5) is 0 Å². The van der Waals surface area contributed by atoms with Crippen molar-refractivity contribution in [3.63, 3.8) is 0 Å². The number of nitrogens with zero attached hydrogens (tertiary/aromatic N) is 2. The Hall–Kier alpha value is -1.20. The van der Waals surface area contributed by atoms with E-state index in [0.717, 1.165) is 24.3 Å². The fraction of sp³-hybridized carbons (Fsp3) is 0.600. The molecule has 1 atom stereocenters. The molecule has 0 spiro atoms. The Morgan fingerprint density at radius 3 is 2.85 bits per heavy atom. The molecule has 146 valence electrons. The van der Waals surface area contributed by atoms with Crippen molar-refractivity contribution in [1.29, 1.82) is 0 Å². The molecule has 2 fully saturated rings. The van der Waals surface area contributed by atoms with Gasteiger partial charge in [-0.15, -0.1) is 23.7 Å². The molecule has 11 heteroatoms. The topological polar surface area (TPSA) is 96.0 Å². The second-order valence-corrected chi connectivity index (χ2v) is 8.91. The lowest BCUT2D eigenvalue weighted by atomic mass is 10.1. The van der Waals surface area contributed by atoms with Crippen LogP contribution in [0.2, 0.25) is 0 Å². The minimum Gasteiger partial charge on any atom is -0.465 e. The standard InChI is InChI=1S/C15H21N3O5S2.ClH/c1-23-15(20)13-7-12(10-24-13)25(21,22)17-5-2-3-11(9-17)18-6-4-16-8-14(18)19;/h7,10-11,16H,2-6,8-9H2,1H3;1H. The number of methoxy groups -OCH3 is 1. The van der Waals surface area contributed by atoms with Gasteiger partial charge in [0.1, 0.15) is 4.88 Å². The van der Waals surface area contributed by atoms with Crippen LogP contribution >= 0.6 is 23.7 Å². The van der Waals surface area contributed by atoms with E-state index in [0.29, 0.717) is 26.1 Å². The normalized spacial score (nSPS) is 22.0. The van der Waals surface area contributed by atoms with Crippen LogP contribution in [0.1, 0.15) is 22.5 Å². The van der Waals surface area contributed by atoms with E-state index < -0.39 is 16.0 Å². The van der Waals surface area contributed by atoms with Gasteiger partial charge in [-0.1, -0.05) is 0 Å². The van der Waals surface area contributed by atoms with Gasteiger partial charge in [-0.3, -0.25) is 4.79 Å². The van der Waals surface area contributed by atoms with Gasteiger partial charge in [0.05, 0.1) is 18.6 Å². The van der Waals surface area contributed by atoms with Crippen molar-refractivity contribution in [3.05, 3.63) is 16.3 Å². The van der Waals surface area contributed by atoms with Gasteiger partial charge in [0.15, 0.2) is 0 Å². The number of piperazine rings is 1. The molecule has 2 aliphatic heterocycles. The Kier molecular flexibility index (Phi) is 7.03. The van der Waals surface area contributed by atoms with Crippen molar-refractivity contribution in [1.82, 2.24) is 14.5 Å². The maximum Gasteiger partial charge on any atom is 0.348 e. The number of hydrogen-bond donors (Lipinski definition) is 1. The van der Waals surface area contributed by atoms with E-state index in [-0.39, 0.29) is 40.7 Å². The van der Waals surface area contributed by atoms with Crippen LogP contribution in [-0.2, 0) is 19.6 Å². The summed E-state index contributed by atoms with van der Waals surface area (Å²) in [5.41, 5.74) is 0. The first kappa shape index (κ1) is 21.1. The number of sulfonamides is 1. The first-order valence-corrected chi connectivity index (χ1v) is 10.4. The second-order valence-electron chi connectivity index (χ2n) is 6.06. The first-order valence-electron chi connectivity index (χ1n) is 8.10. The Morgan fingerprint density at radius 2 is 2.15 bits per heavy atom. The molecule has 2 aliphatic rings. The zero-order valence-electron chi connectivity index (χ0n) is 14.3. The number of rotatable bonds is 4. The summed E-state index contributed by atoms with van der Waals surface area (Å²) in [5.74, 6) is -0.534. The van der Waals surface area contributed by atoms with E-state index in [4.69, 9.17) is 0 Å². The van der Waals surface area contributed by atoms with E-state index in [1.165, 1.54) is 22.9 Å². The average molecular weight is 424 g/mol. The molecule has 1 unspecified atom stereocenters. The third-order valence-corrected chi connectivity index (χ3v) is 7.43. The van der Waals surface area contributed by atoms with Gasteiger partial charge in [-0.2, -0.15) is 4.31 Å². The number of ether oxygens (including phenoxy) is 1. The highest BCUT2D eigenvalue weighted by atomic mass is 35.5. The average Bonchev–Trinajstić information content (AvgIpc) is 3.12. The number of thiophene rings is 1. The predicted octanol–water partition coefficient (Wildman–Crippen LogP) is 0.541. The first-order chi connectivity index (χ1) is 11.9. The van der Waals surface area contributed by atoms with E-state index in [1.807, 2.05) is 0 Å². The van der Waals surface area contributed by atoms with Gasteiger partial charge >= 0.3 is 5.97 Å². The van der Waals surface area contributed by atoms with Gasteiger partial charge in [0.25, 0.3) is 0 Å². The summed E-state index contributed by atoms with van der Waals surface area (Å²) in [5, 5.41) is 4.48. The van der Waals surface area contributed by atoms with Crippen LogP contribution in [0, 0.1) is 0 Å². The largest absolute Gasteiger partial charge is 0.465 e. The summed E-state index contributed by atoms with van der Waals surface area (Å²) in [7, 11) is -2.43. The summed E-state index contributed by atoms with van der Waals surface area (Å²) in [6.45, 7) is 2.33. The number of esters is 1. The van der Waals surface area contributed by atoms with Crippen LogP contribution in [-0.4, -0.2) is 75.4 Å². The molecule has 0 bridgehead atoms. The number of carbonyl (C=O) groups excluding carboxylic acids is 2. The summed E-state index contributed by atoms with van der Waals surface area (Å²) in [6.07, 6.45) is 1.50. The van der Waals surface area contributed by atoms with Crippen LogP contribution in [0.3, 0.4) is 0 Å². The van der Waals surface area contributed by atoms with Crippen LogP contribution in [0.25, 0.3) is 0 Å². The highest BCUT2D eigenvalue weighted by Gasteiger charge is 2.35. The van der Waals surface area contributed by atoms with Gasteiger partial charge < -0.3 is 15.0 Å². The zero-order valence-corrected chi connectivity index (χ0v) is 16.8. The molecule has 1 amide bonds. The quantitative estimate of drug-likeness (QED) is 0.710. The van der Waals surface area contributed by atoms with Crippen LogP contribution < -0.4 is 5.32 Å². The predicted molar refractivity (Wildman–Crippen MR) is 99.3 cm³/mol. The monoisotopic (exact) mass is 423 g/mol. The molecule has 1 N–H and O–H groups in total. The molecular formula is C15H22ClN3O5S2. The fourth-order valence-electron chi connectivity index (χ4n) is 3.21. The third-order valence-electron chi connectivity index (χ3n) is 4.53. The van der Waals surface area contributed by atoms with E-state index in [9.17, 15) is 18.0 Å². The molecular weight excluding hydrogens is 402 g/mol. The van der Waals surface area contributed by atoms with Crippen molar-refractivity contribution < 1.29 is 22.7 Å². The number of amides is 1. The molecule has 0 radical (unpaired) electrons. The Bertz CT molecular complexity index is 767. The molecule has 8 nitrogen and oxygen atoms in total. The van der Waals surface area contributed by atoms with E-state index in [1.54, 1.807) is 4.90 Å². The summed E-state index contributed by atoms with van der Waals surface area (Å²) in [4.78, 5) is 25.8. The van der Waals surface area contributed by atoms with Crippen molar-refractivity contribution >= 4 is 45.6 Å². The fourth-order valence-corrected chi connectivity index (χ4v) is 5.91. The van der Waals surface area contributed by atoms with Gasteiger partial charge in [0, 0.05) is 37.6 Å². The number of piperidine rings is 1. The van der Waals surface area contributed by atoms with E-state index in [2.05, 4.69) is 10.1 Å². The Morgan fingerprint density at radius 1 is 1.38 bits per heavy atom. The second kappa shape index (κ2) is 8.66. The Balaban J connectivity index is 0.00000243. The smallest absolute Gasteiger partial charge is 0.348 e. The maximum absolute atomic E-state index is 12.9. The highest BCUT2D eigenvalue weighted by molar-refractivity contribution is 7.89. The third kappa shape index (κ3) is 4.20. The molecule has 1 aromatic heterocycles. The lowest BCUT2D eigenvalue weighted by Crippen LogP contribution is -2.57. The molecule has 2 saturated heterocycles. The molecule has 0 aliphatic carbocycles. The molecule has 1 aromatic rings. The molecule has 0 saturated carbocycles. The minimum absolute atomic E-state index is 0. The van der Waals surface area contributed by atoms with E-state index >= 15 is 0 Å². The summed E-state index contributed by atoms with van der Waals surface area (Å²) in [6, 6.07) is 1.25. The SMILES string of the molecule is COC(=O)c1cc(S(=O)(=O)N2CCCC(N3CCNCC3=O)C2)cs1.Cl. The number of nitrogens with one attached hydrogen (secondary N) is 1. The van der Waals surface area contributed by atoms with Gasteiger partial charge in [-0.25, -0.2) is 13.2 Å². The summed E-state index contributed by atoms with van der Waals surface area (Å²) >= 11 is 1.05. The molecule has 3 heterocycles. The van der Waals surface area contributed by atoms with Crippen LogP contribution in [0.5, 0.6) is 0 Å². The van der Waals surface area contributed by atoms with Gasteiger partial charge in [-0.05, 0) is 18.9 Å². The lowest BCUT2D eigenvalue weighted by Gasteiger charge is -2.40. The molecule has 26 heavy (non-hydrogen) atoms. The van der Waals surface area contributed by atoms with Crippen molar-refractivity contribution in [3.8, 4) is 0 Å². The Labute approximate surface area is 162 Å². The lowest BCUT2D eigenvalue weighted by molar-refractivity contribution is -0.135. The number of halogens is 1. The van der Waals surface area contributed by atoms with Crippen molar-refractivity contribution in [2.24, 2.45) is 0 Å². The number of hydrogen-bond acceptors (Lipinski definition) is 7. The van der Waals surface area contributed by atoms with Crippen molar-refractivity contribution in [2.45, 2.75) is 23.8 Å². The van der Waals surface area contributed by atoms with Crippen LogP contribution in [0.15, 0.2) is 16.3 Å². The highest BCUT2D eigenvalue weighted by Crippen LogP contribution is 2.27. The minimum atomic E-state index is -3.69.